The number of carbonyl (C=O) groups is 3. The van der Waals surface area contributed by atoms with Gasteiger partial charge in [-0.3, -0.25) is 14.9 Å². The van der Waals surface area contributed by atoms with Crippen molar-refractivity contribution in [3.05, 3.63) is 11.1 Å². The minimum absolute atomic E-state index is 0.0738. The summed E-state index contributed by atoms with van der Waals surface area (Å²) in [6.07, 6.45) is 3.05. The minimum atomic E-state index is -0.395. The first-order chi connectivity index (χ1) is 12.5. The zero-order valence-corrected chi connectivity index (χ0v) is 15.6. The van der Waals surface area contributed by atoms with Crippen molar-refractivity contribution in [1.29, 1.82) is 0 Å². The predicted molar refractivity (Wildman–Crippen MR) is 94.7 cm³/mol. The number of esters is 2. The second-order valence-electron chi connectivity index (χ2n) is 6.63. The van der Waals surface area contributed by atoms with Crippen molar-refractivity contribution in [3.8, 4) is 0 Å². The van der Waals surface area contributed by atoms with E-state index in [1.165, 1.54) is 18.4 Å². The SMILES string of the molecule is CCOC(=O)Cc1csc(NC(=O)N[C@H]2[C@H]3CC[C@@H](C3)[C@H]2C(=O)OC)n1. The molecule has 2 amide bonds. The Morgan fingerprint density at radius 3 is 2.81 bits per heavy atom. The molecule has 142 valence electrons. The highest BCUT2D eigenvalue weighted by Gasteiger charge is 2.52. The van der Waals surface area contributed by atoms with Gasteiger partial charge in [0.2, 0.25) is 0 Å². The van der Waals surface area contributed by atoms with Gasteiger partial charge < -0.3 is 14.8 Å². The predicted octanol–water partition coefficient (Wildman–Crippen LogP) is 1.96. The number of urea groups is 1. The monoisotopic (exact) mass is 381 g/mol. The van der Waals surface area contributed by atoms with E-state index in [2.05, 4.69) is 15.6 Å². The van der Waals surface area contributed by atoms with Gasteiger partial charge in [0, 0.05) is 11.4 Å². The molecule has 1 aromatic heterocycles. The van der Waals surface area contributed by atoms with Gasteiger partial charge in [-0.25, -0.2) is 9.78 Å². The first-order valence-corrected chi connectivity index (χ1v) is 9.65. The molecule has 0 radical (unpaired) electrons. The molecular weight excluding hydrogens is 358 g/mol. The number of thiazole rings is 1. The fraction of sp³-hybridized carbons (Fsp3) is 0.647. The van der Waals surface area contributed by atoms with Gasteiger partial charge in [-0.05, 0) is 38.0 Å². The van der Waals surface area contributed by atoms with Crippen LogP contribution in [-0.2, 0) is 25.5 Å². The van der Waals surface area contributed by atoms with Crippen molar-refractivity contribution in [2.24, 2.45) is 17.8 Å². The molecule has 2 bridgehead atoms. The highest BCUT2D eigenvalue weighted by atomic mass is 32.1. The van der Waals surface area contributed by atoms with Crippen molar-refractivity contribution in [1.82, 2.24) is 10.3 Å². The Morgan fingerprint density at radius 1 is 1.31 bits per heavy atom. The van der Waals surface area contributed by atoms with E-state index >= 15 is 0 Å². The number of rotatable bonds is 6. The number of carbonyl (C=O) groups excluding carboxylic acids is 3. The summed E-state index contributed by atoms with van der Waals surface area (Å²) in [4.78, 5) is 40.1. The van der Waals surface area contributed by atoms with E-state index < -0.39 is 6.03 Å². The van der Waals surface area contributed by atoms with Crippen LogP contribution in [0.1, 0.15) is 31.9 Å². The van der Waals surface area contributed by atoms with Gasteiger partial charge in [-0.2, -0.15) is 0 Å². The van der Waals surface area contributed by atoms with Crippen LogP contribution in [0.25, 0.3) is 0 Å². The smallest absolute Gasteiger partial charge is 0.321 e. The van der Waals surface area contributed by atoms with Gasteiger partial charge in [0.05, 0.1) is 31.7 Å². The number of hydrogen-bond acceptors (Lipinski definition) is 7. The first-order valence-electron chi connectivity index (χ1n) is 8.77. The number of nitrogens with zero attached hydrogens (tertiary/aromatic N) is 1. The molecule has 1 aromatic rings. The van der Waals surface area contributed by atoms with E-state index in [-0.39, 0.29) is 36.2 Å². The van der Waals surface area contributed by atoms with Gasteiger partial charge >= 0.3 is 18.0 Å². The average molecular weight is 381 g/mol. The Balaban J connectivity index is 1.56. The molecule has 2 saturated carbocycles. The maximum Gasteiger partial charge on any atom is 0.321 e. The quantitative estimate of drug-likeness (QED) is 0.730. The lowest BCUT2D eigenvalue weighted by atomic mass is 9.84. The van der Waals surface area contributed by atoms with Crippen molar-refractivity contribution in [3.63, 3.8) is 0 Å². The van der Waals surface area contributed by atoms with E-state index in [4.69, 9.17) is 9.47 Å². The topological polar surface area (TPSA) is 107 Å². The molecular formula is C17H23N3O5S. The van der Waals surface area contributed by atoms with Gasteiger partial charge in [0.1, 0.15) is 0 Å². The molecule has 9 heteroatoms. The van der Waals surface area contributed by atoms with Gasteiger partial charge in [-0.15, -0.1) is 11.3 Å². The highest BCUT2D eigenvalue weighted by molar-refractivity contribution is 7.13. The van der Waals surface area contributed by atoms with Gasteiger partial charge in [-0.1, -0.05) is 0 Å². The van der Waals surface area contributed by atoms with E-state index in [0.717, 1.165) is 19.3 Å². The summed E-state index contributed by atoms with van der Waals surface area (Å²) in [5.74, 6) is -0.287. The Hall–Kier alpha value is -2.16. The number of nitrogens with one attached hydrogen (secondary N) is 2. The third-order valence-electron chi connectivity index (χ3n) is 5.09. The molecule has 4 atom stereocenters. The van der Waals surface area contributed by atoms with Crippen LogP contribution in [0.2, 0.25) is 0 Å². The second-order valence-corrected chi connectivity index (χ2v) is 7.49. The summed E-state index contributed by atoms with van der Waals surface area (Å²) in [5, 5.41) is 7.72. The zero-order chi connectivity index (χ0) is 18.7. The fourth-order valence-electron chi connectivity index (χ4n) is 4.06. The van der Waals surface area contributed by atoms with Crippen molar-refractivity contribution < 1.29 is 23.9 Å². The van der Waals surface area contributed by atoms with E-state index in [1.54, 1.807) is 12.3 Å². The molecule has 0 aromatic carbocycles. The number of amides is 2. The standard InChI is InChI=1S/C17H23N3O5S/c1-3-25-12(21)7-11-8-26-17(18-11)20-16(23)19-14-10-5-4-9(6-10)13(14)15(22)24-2/h8-10,13-14H,3-7H2,1-2H3,(H2,18,19,20,23)/t9-,10-,13+,14-/m0/s1. The number of ether oxygens (including phenoxy) is 2. The molecule has 8 nitrogen and oxygen atoms in total. The third kappa shape index (κ3) is 3.98. The molecule has 2 fully saturated rings. The highest BCUT2D eigenvalue weighted by Crippen LogP contribution is 2.48. The maximum absolute atomic E-state index is 12.3. The second kappa shape index (κ2) is 8.03. The van der Waals surface area contributed by atoms with E-state index in [9.17, 15) is 14.4 Å². The lowest BCUT2D eigenvalue weighted by Crippen LogP contribution is -2.48. The number of aromatic nitrogens is 1. The number of anilines is 1. The van der Waals surface area contributed by atoms with Crippen LogP contribution < -0.4 is 10.6 Å². The molecule has 2 aliphatic carbocycles. The Labute approximate surface area is 155 Å². The average Bonchev–Trinajstić information content (AvgIpc) is 3.31. The van der Waals surface area contributed by atoms with Crippen LogP contribution in [0.4, 0.5) is 9.93 Å². The van der Waals surface area contributed by atoms with Crippen molar-refractivity contribution in [2.75, 3.05) is 19.0 Å². The summed E-state index contributed by atoms with van der Waals surface area (Å²) in [6, 6.07) is -0.603. The Bertz CT molecular complexity index is 692. The third-order valence-corrected chi connectivity index (χ3v) is 5.90. The lowest BCUT2D eigenvalue weighted by molar-refractivity contribution is -0.148. The zero-order valence-electron chi connectivity index (χ0n) is 14.8. The van der Waals surface area contributed by atoms with E-state index in [0.29, 0.717) is 23.4 Å². The summed E-state index contributed by atoms with van der Waals surface area (Å²) >= 11 is 1.24. The molecule has 0 aliphatic heterocycles. The molecule has 0 unspecified atom stereocenters. The van der Waals surface area contributed by atoms with Crippen LogP contribution >= 0.6 is 11.3 Å². The molecule has 0 saturated heterocycles. The fourth-order valence-corrected chi connectivity index (χ4v) is 4.77. The van der Waals surface area contributed by atoms with Gasteiger partial charge in [0.15, 0.2) is 5.13 Å². The molecule has 2 N–H and O–H groups in total. The minimum Gasteiger partial charge on any atom is -0.469 e. The molecule has 2 aliphatic rings. The maximum atomic E-state index is 12.3. The molecule has 1 heterocycles. The number of methoxy groups -OCH3 is 1. The van der Waals surface area contributed by atoms with Crippen LogP contribution in [0.3, 0.4) is 0 Å². The van der Waals surface area contributed by atoms with Crippen LogP contribution in [0.5, 0.6) is 0 Å². The van der Waals surface area contributed by atoms with Crippen LogP contribution in [0.15, 0.2) is 5.38 Å². The summed E-state index contributed by atoms with van der Waals surface area (Å²) in [7, 11) is 1.38. The van der Waals surface area contributed by atoms with Crippen molar-refractivity contribution in [2.45, 2.75) is 38.6 Å². The summed E-state index contributed by atoms with van der Waals surface area (Å²) in [5.41, 5.74) is 0.552. The Morgan fingerprint density at radius 2 is 2.08 bits per heavy atom. The normalized spacial score (nSPS) is 26.4. The van der Waals surface area contributed by atoms with E-state index in [1.807, 2.05) is 0 Å². The molecule has 3 rings (SSSR count). The lowest BCUT2D eigenvalue weighted by Gasteiger charge is -2.29. The Kier molecular flexibility index (Phi) is 5.75. The largest absolute Gasteiger partial charge is 0.469 e. The number of fused-ring (bicyclic) bond motifs is 2. The molecule has 0 spiro atoms. The van der Waals surface area contributed by atoms with Crippen LogP contribution in [0, 0.1) is 17.8 Å². The first kappa shape index (κ1) is 18.6. The molecule has 26 heavy (non-hydrogen) atoms. The van der Waals surface area contributed by atoms with Gasteiger partial charge in [0.25, 0.3) is 0 Å². The van der Waals surface area contributed by atoms with Crippen molar-refractivity contribution >= 4 is 34.4 Å². The summed E-state index contributed by atoms with van der Waals surface area (Å²) in [6.45, 7) is 2.06. The van der Waals surface area contributed by atoms with Crippen LogP contribution in [-0.4, -0.2) is 42.7 Å². The summed E-state index contributed by atoms with van der Waals surface area (Å²) < 4.78 is 9.79. The number of hydrogen-bond donors (Lipinski definition) is 2.